The number of primary amides is 1. The lowest BCUT2D eigenvalue weighted by atomic mass is 10.1. The summed E-state index contributed by atoms with van der Waals surface area (Å²) in [5.74, 6) is -1.31. The van der Waals surface area contributed by atoms with Crippen LogP contribution < -0.4 is 5.73 Å². The van der Waals surface area contributed by atoms with Gasteiger partial charge in [-0.1, -0.05) is 19.9 Å². The molecule has 0 heterocycles. The molecule has 0 saturated carbocycles. The van der Waals surface area contributed by atoms with Crippen molar-refractivity contribution in [2.45, 2.75) is 26.7 Å². The first kappa shape index (κ1) is 11.7. The third-order valence-corrected chi connectivity index (χ3v) is 1.48. The maximum Gasteiger partial charge on any atom is 0.331 e. The van der Waals surface area contributed by atoms with Crippen molar-refractivity contribution in [2.75, 3.05) is 0 Å². The monoisotopic (exact) mass is 185 g/mol. The summed E-state index contributed by atoms with van der Waals surface area (Å²) in [7, 11) is 0. The number of allylic oxidation sites excluding steroid dienone is 1. The normalized spacial score (nSPS) is 11.8. The molecule has 0 aromatic carbocycles. The molecular weight excluding hydrogens is 170 g/mol. The van der Waals surface area contributed by atoms with Crippen LogP contribution in [0.15, 0.2) is 11.6 Å². The molecule has 0 bridgehead atoms. The Morgan fingerprint density at radius 1 is 1.46 bits per heavy atom. The highest BCUT2D eigenvalue weighted by atomic mass is 16.4. The minimum atomic E-state index is -1.07. The Morgan fingerprint density at radius 2 is 2.00 bits per heavy atom. The maximum absolute atomic E-state index is 10.6. The minimum absolute atomic E-state index is 0.0844. The predicted octanol–water partition coefficient (Wildman–Crippen LogP) is 0.919. The van der Waals surface area contributed by atoms with Gasteiger partial charge in [-0.25, -0.2) is 4.79 Å². The zero-order chi connectivity index (χ0) is 10.4. The lowest BCUT2D eigenvalue weighted by Gasteiger charge is -2.01. The van der Waals surface area contributed by atoms with Crippen LogP contribution in [0.3, 0.4) is 0 Å². The highest BCUT2D eigenvalue weighted by Crippen LogP contribution is 2.07. The summed E-state index contributed by atoms with van der Waals surface area (Å²) in [6, 6.07) is 0. The highest BCUT2D eigenvalue weighted by molar-refractivity contribution is 5.93. The second kappa shape index (κ2) is 5.35. The van der Waals surface area contributed by atoms with Crippen LogP contribution >= 0.6 is 0 Å². The van der Waals surface area contributed by atoms with Crippen LogP contribution in [0.5, 0.6) is 0 Å². The van der Waals surface area contributed by atoms with Gasteiger partial charge in [-0.3, -0.25) is 4.79 Å². The summed E-state index contributed by atoms with van der Waals surface area (Å²) in [5.41, 5.74) is 4.98. The molecule has 0 atom stereocenters. The van der Waals surface area contributed by atoms with E-state index in [4.69, 9.17) is 10.8 Å². The minimum Gasteiger partial charge on any atom is -0.478 e. The topological polar surface area (TPSA) is 80.4 Å². The molecule has 0 spiro atoms. The summed E-state index contributed by atoms with van der Waals surface area (Å²) in [4.78, 5) is 21.0. The van der Waals surface area contributed by atoms with E-state index in [0.717, 1.165) is 0 Å². The Balaban J connectivity index is 4.32. The molecule has 0 aliphatic heterocycles. The van der Waals surface area contributed by atoms with Crippen LogP contribution in [-0.4, -0.2) is 17.0 Å². The van der Waals surface area contributed by atoms with Gasteiger partial charge >= 0.3 is 5.97 Å². The van der Waals surface area contributed by atoms with Crippen LogP contribution in [0.4, 0.5) is 0 Å². The summed E-state index contributed by atoms with van der Waals surface area (Å²) in [5, 5.41) is 8.66. The summed E-state index contributed by atoms with van der Waals surface area (Å²) in [6.45, 7) is 3.94. The molecule has 3 N–H and O–H groups in total. The van der Waals surface area contributed by atoms with Crippen LogP contribution in [0.25, 0.3) is 0 Å². The van der Waals surface area contributed by atoms with E-state index in [1.807, 2.05) is 13.8 Å². The number of nitrogens with two attached hydrogens (primary N) is 1. The number of carboxylic acid groups (broad SMARTS) is 1. The van der Waals surface area contributed by atoms with Crippen molar-refractivity contribution in [2.24, 2.45) is 11.7 Å². The molecule has 74 valence electrons. The Bertz CT molecular complexity index is 231. The highest BCUT2D eigenvalue weighted by Gasteiger charge is 2.09. The largest absolute Gasteiger partial charge is 0.478 e. The van der Waals surface area contributed by atoms with E-state index >= 15 is 0 Å². The number of carbonyl (C=O) groups excluding carboxylic acids is 1. The van der Waals surface area contributed by atoms with Gasteiger partial charge in [0.2, 0.25) is 5.91 Å². The fraction of sp³-hybridized carbons (Fsp3) is 0.556. The molecule has 0 saturated heterocycles. The maximum atomic E-state index is 10.6. The number of hydrogen-bond donors (Lipinski definition) is 2. The van der Waals surface area contributed by atoms with Crippen LogP contribution in [0.2, 0.25) is 0 Å². The summed E-state index contributed by atoms with van der Waals surface area (Å²) < 4.78 is 0. The second-order valence-electron chi connectivity index (χ2n) is 3.31. The van der Waals surface area contributed by atoms with E-state index in [9.17, 15) is 9.59 Å². The molecule has 4 heteroatoms. The van der Waals surface area contributed by atoms with E-state index in [-0.39, 0.29) is 12.0 Å². The molecule has 0 fully saturated rings. The quantitative estimate of drug-likeness (QED) is 0.625. The van der Waals surface area contributed by atoms with E-state index in [1.54, 1.807) is 6.08 Å². The smallest absolute Gasteiger partial charge is 0.331 e. The standard InChI is InChI=1S/C9H15NO3/c1-6(2)3-4-7(9(12)13)5-8(10)11/h4,6H,3,5H2,1-2H3,(H2,10,11)(H,12,13)/b7-4-. The molecule has 0 aliphatic carbocycles. The van der Waals surface area contributed by atoms with Crippen molar-refractivity contribution in [3.63, 3.8) is 0 Å². The van der Waals surface area contributed by atoms with E-state index in [0.29, 0.717) is 12.3 Å². The zero-order valence-corrected chi connectivity index (χ0v) is 7.91. The van der Waals surface area contributed by atoms with Gasteiger partial charge in [-0.05, 0) is 12.3 Å². The molecule has 0 unspecified atom stereocenters. The Morgan fingerprint density at radius 3 is 2.31 bits per heavy atom. The molecule has 0 aliphatic rings. The van der Waals surface area contributed by atoms with Crippen LogP contribution in [0, 0.1) is 5.92 Å². The number of amides is 1. The fourth-order valence-electron chi connectivity index (χ4n) is 0.801. The van der Waals surface area contributed by atoms with Gasteiger partial charge in [0, 0.05) is 5.57 Å². The molecule has 0 rings (SSSR count). The lowest BCUT2D eigenvalue weighted by molar-refractivity contribution is -0.133. The third-order valence-electron chi connectivity index (χ3n) is 1.48. The fourth-order valence-corrected chi connectivity index (χ4v) is 0.801. The van der Waals surface area contributed by atoms with Gasteiger partial charge in [-0.2, -0.15) is 0 Å². The van der Waals surface area contributed by atoms with Crippen molar-refractivity contribution in [3.05, 3.63) is 11.6 Å². The van der Waals surface area contributed by atoms with E-state index in [1.165, 1.54) is 0 Å². The van der Waals surface area contributed by atoms with Crippen molar-refractivity contribution < 1.29 is 14.7 Å². The molecule has 0 aromatic heterocycles. The van der Waals surface area contributed by atoms with Crippen LogP contribution in [-0.2, 0) is 9.59 Å². The number of rotatable bonds is 5. The molecule has 1 amide bonds. The average molecular weight is 185 g/mol. The second-order valence-corrected chi connectivity index (χ2v) is 3.31. The molecule has 0 aromatic rings. The van der Waals surface area contributed by atoms with Crippen LogP contribution in [0.1, 0.15) is 26.7 Å². The number of carbonyl (C=O) groups is 2. The molecule has 4 nitrogen and oxygen atoms in total. The SMILES string of the molecule is CC(C)C/C=C(/CC(N)=O)C(=O)O. The number of hydrogen-bond acceptors (Lipinski definition) is 2. The first-order valence-electron chi connectivity index (χ1n) is 4.14. The Hall–Kier alpha value is -1.32. The average Bonchev–Trinajstić information content (AvgIpc) is 1.96. The van der Waals surface area contributed by atoms with Gasteiger partial charge < -0.3 is 10.8 Å². The molecular formula is C9H15NO3. The van der Waals surface area contributed by atoms with Gasteiger partial charge in [0.05, 0.1) is 6.42 Å². The van der Waals surface area contributed by atoms with Crippen molar-refractivity contribution >= 4 is 11.9 Å². The van der Waals surface area contributed by atoms with E-state index < -0.39 is 11.9 Å². The third kappa shape index (κ3) is 5.90. The number of aliphatic carboxylic acids is 1. The summed E-state index contributed by atoms with van der Waals surface area (Å²) in [6.07, 6.45) is 2.01. The summed E-state index contributed by atoms with van der Waals surface area (Å²) >= 11 is 0. The lowest BCUT2D eigenvalue weighted by Crippen LogP contribution is -2.15. The Kier molecular flexibility index (Phi) is 4.80. The predicted molar refractivity (Wildman–Crippen MR) is 49.0 cm³/mol. The van der Waals surface area contributed by atoms with Gasteiger partial charge in [0.1, 0.15) is 0 Å². The zero-order valence-electron chi connectivity index (χ0n) is 7.91. The first-order chi connectivity index (χ1) is 5.93. The van der Waals surface area contributed by atoms with Crippen molar-refractivity contribution in [1.29, 1.82) is 0 Å². The van der Waals surface area contributed by atoms with Gasteiger partial charge in [0.25, 0.3) is 0 Å². The molecule has 13 heavy (non-hydrogen) atoms. The Labute approximate surface area is 77.4 Å². The van der Waals surface area contributed by atoms with Gasteiger partial charge in [0.15, 0.2) is 0 Å². The van der Waals surface area contributed by atoms with Gasteiger partial charge in [-0.15, -0.1) is 0 Å². The number of carboxylic acids is 1. The van der Waals surface area contributed by atoms with Crippen molar-refractivity contribution in [1.82, 2.24) is 0 Å². The van der Waals surface area contributed by atoms with E-state index in [2.05, 4.69) is 0 Å². The first-order valence-corrected chi connectivity index (χ1v) is 4.14. The van der Waals surface area contributed by atoms with Crippen molar-refractivity contribution in [3.8, 4) is 0 Å². The molecule has 0 radical (unpaired) electrons.